The summed E-state index contributed by atoms with van der Waals surface area (Å²) in [6.45, 7) is 9.97. The van der Waals surface area contributed by atoms with Crippen molar-refractivity contribution in [3.63, 3.8) is 0 Å². The van der Waals surface area contributed by atoms with Gasteiger partial charge in [0.15, 0.2) is 0 Å². The van der Waals surface area contributed by atoms with Crippen LogP contribution in [0.4, 0.5) is 5.82 Å². The van der Waals surface area contributed by atoms with Crippen molar-refractivity contribution in [2.24, 2.45) is 0 Å². The molecular weight excluding hydrogens is 420 g/mol. The van der Waals surface area contributed by atoms with Gasteiger partial charge in [-0.05, 0) is 36.6 Å². The number of aliphatic hydroxyl groups excluding tert-OH is 1. The number of amides is 1. The fourth-order valence-electron chi connectivity index (χ4n) is 4.00. The van der Waals surface area contributed by atoms with Gasteiger partial charge < -0.3 is 30.1 Å². The molecule has 8 heteroatoms. The third kappa shape index (κ3) is 6.43. The van der Waals surface area contributed by atoms with E-state index < -0.39 is 6.10 Å². The number of fused-ring (bicyclic) bond motifs is 1. The highest BCUT2D eigenvalue weighted by Gasteiger charge is 2.25. The number of carbonyl (C=O) groups is 1. The molecule has 33 heavy (non-hydrogen) atoms. The number of aromatic nitrogens is 1. The Morgan fingerprint density at radius 1 is 1.24 bits per heavy atom. The van der Waals surface area contributed by atoms with E-state index >= 15 is 0 Å². The van der Waals surface area contributed by atoms with Gasteiger partial charge in [0, 0.05) is 32.2 Å². The number of anilines is 1. The van der Waals surface area contributed by atoms with E-state index in [1.165, 1.54) is 11.1 Å². The molecule has 2 aliphatic rings. The zero-order chi connectivity index (χ0) is 23.6. The molecule has 3 N–H and O–H groups in total. The van der Waals surface area contributed by atoms with Crippen molar-refractivity contribution in [3.05, 3.63) is 53.1 Å². The van der Waals surface area contributed by atoms with Crippen molar-refractivity contribution in [2.45, 2.75) is 45.9 Å². The van der Waals surface area contributed by atoms with Crippen LogP contribution in [0.25, 0.3) is 0 Å². The molecule has 1 saturated heterocycles. The minimum absolute atomic E-state index is 0.108. The number of pyridine rings is 1. The average molecular weight is 457 g/mol. The predicted molar refractivity (Wildman–Crippen MR) is 129 cm³/mol. The Hall–Kier alpha value is -2.68. The number of benzene rings is 1. The van der Waals surface area contributed by atoms with E-state index in [4.69, 9.17) is 9.47 Å². The number of rotatable bonds is 7. The van der Waals surface area contributed by atoms with Gasteiger partial charge in [0.2, 0.25) is 5.88 Å². The van der Waals surface area contributed by atoms with Crippen LogP contribution in [0.3, 0.4) is 0 Å². The quantitative estimate of drug-likeness (QED) is 0.588. The molecule has 1 unspecified atom stereocenters. The van der Waals surface area contributed by atoms with Gasteiger partial charge in [0.1, 0.15) is 11.4 Å². The lowest BCUT2D eigenvalue weighted by Gasteiger charge is -2.30. The lowest BCUT2D eigenvalue weighted by atomic mass is 9.93. The highest BCUT2D eigenvalue weighted by atomic mass is 16.5. The standard InChI is InChI=1S/C23H30N4O4.C2H6/c1-2-31-23-18(7-8-21(26-23)27-9-11-30-12-10-27)22(29)25-15-20(28)19-13-16-5-3-4-6-17(16)14-24-19;1-2/h3-8,19-20,24,28H,2,9-15H2,1H3,(H,25,29);1-2H3/t19-,20?;/m0./s1. The monoisotopic (exact) mass is 456 g/mol. The number of ether oxygens (including phenoxy) is 2. The Kier molecular flexibility index (Phi) is 9.47. The number of nitrogens with one attached hydrogen (secondary N) is 2. The third-order valence-electron chi connectivity index (χ3n) is 5.76. The van der Waals surface area contributed by atoms with Crippen molar-refractivity contribution in [3.8, 4) is 5.88 Å². The molecule has 0 bridgehead atoms. The van der Waals surface area contributed by atoms with Crippen molar-refractivity contribution < 1.29 is 19.4 Å². The highest BCUT2D eigenvalue weighted by molar-refractivity contribution is 5.96. The number of hydrogen-bond acceptors (Lipinski definition) is 7. The van der Waals surface area contributed by atoms with E-state index in [2.05, 4.69) is 32.7 Å². The first-order valence-corrected chi connectivity index (χ1v) is 11.9. The number of carbonyl (C=O) groups excluding carboxylic acids is 1. The van der Waals surface area contributed by atoms with Crippen LogP contribution in [-0.2, 0) is 17.7 Å². The summed E-state index contributed by atoms with van der Waals surface area (Å²) in [4.78, 5) is 19.5. The van der Waals surface area contributed by atoms with Crippen LogP contribution >= 0.6 is 0 Å². The van der Waals surface area contributed by atoms with Crippen LogP contribution in [-0.4, -0.2) is 67.6 Å². The maximum Gasteiger partial charge on any atom is 0.256 e. The van der Waals surface area contributed by atoms with Gasteiger partial charge in [-0.2, -0.15) is 4.98 Å². The third-order valence-corrected chi connectivity index (χ3v) is 5.76. The van der Waals surface area contributed by atoms with E-state index in [1.54, 1.807) is 6.07 Å². The molecule has 8 nitrogen and oxygen atoms in total. The lowest BCUT2D eigenvalue weighted by molar-refractivity contribution is 0.0865. The Bertz CT molecular complexity index is 902. The molecule has 180 valence electrons. The molecule has 0 radical (unpaired) electrons. The second kappa shape index (κ2) is 12.5. The van der Waals surface area contributed by atoms with Crippen molar-refractivity contribution in [1.29, 1.82) is 0 Å². The van der Waals surface area contributed by atoms with E-state index in [-0.39, 0.29) is 18.5 Å². The largest absolute Gasteiger partial charge is 0.477 e. The zero-order valence-electron chi connectivity index (χ0n) is 19.8. The van der Waals surface area contributed by atoms with Crippen LogP contribution in [0.5, 0.6) is 5.88 Å². The summed E-state index contributed by atoms with van der Waals surface area (Å²) >= 11 is 0. The molecule has 1 aromatic carbocycles. The summed E-state index contributed by atoms with van der Waals surface area (Å²) in [6, 6.07) is 11.7. The first-order valence-electron chi connectivity index (χ1n) is 11.9. The zero-order valence-corrected chi connectivity index (χ0v) is 19.8. The molecule has 2 aliphatic heterocycles. The van der Waals surface area contributed by atoms with Crippen LogP contribution in [0.2, 0.25) is 0 Å². The number of hydrogen-bond donors (Lipinski definition) is 3. The molecule has 0 spiro atoms. The maximum absolute atomic E-state index is 12.8. The van der Waals surface area contributed by atoms with Crippen molar-refractivity contribution >= 4 is 11.7 Å². The molecule has 0 aliphatic carbocycles. The Balaban J connectivity index is 0.00000149. The second-order valence-electron chi connectivity index (χ2n) is 7.79. The summed E-state index contributed by atoms with van der Waals surface area (Å²) < 4.78 is 11.0. The summed E-state index contributed by atoms with van der Waals surface area (Å²) in [6.07, 6.45) is 0.0288. The normalized spacial score (nSPS) is 18.4. The molecule has 1 amide bonds. The van der Waals surface area contributed by atoms with E-state index in [9.17, 15) is 9.90 Å². The molecular formula is C25H36N4O4. The fourth-order valence-corrected chi connectivity index (χ4v) is 4.00. The molecule has 0 saturated carbocycles. The van der Waals surface area contributed by atoms with Crippen molar-refractivity contribution in [2.75, 3.05) is 44.4 Å². The van der Waals surface area contributed by atoms with E-state index in [0.717, 1.165) is 25.3 Å². The van der Waals surface area contributed by atoms with E-state index in [1.807, 2.05) is 39.0 Å². The minimum atomic E-state index is -0.701. The second-order valence-corrected chi connectivity index (χ2v) is 7.79. The Labute approximate surface area is 196 Å². The summed E-state index contributed by atoms with van der Waals surface area (Å²) in [5.41, 5.74) is 2.86. The average Bonchev–Trinajstić information content (AvgIpc) is 2.88. The van der Waals surface area contributed by atoms with Crippen LogP contribution in [0.15, 0.2) is 36.4 Å². The SMILES string of the molecule is CC.CCOc1nc(N2CCOCC2)ccc1C(=O)NCC(O)[C@@H]1Cc2ccccc2CN1. The fraction of sp³-hybridized carbons (Fsp3) is 0.520. The molecule has 4 rings (SSSR count). The number of aliphatic hydroxyl groups is 1. The summed E-state index contributed by atoms with van der Waals surface area (Å²) in [5.74, 6) is 0.774. The molecule has 1 aromatic heterocycles. The van der Waals surface area contributed by atoms with Gasteiger partial charge in [-0.3, -0.25) is 4.79 Å². The van der Waals surface area contributed by atoms with Crippen LogP contribution < -0.4 is 20.3 Å². The summed E-state index contributed by atoms with van der Waals surface area (Å²) in [5, 5.41) is 16.8. The molecule has 3 heterocycles. The summed E-state index contributed by atoms with van der Waals surface area (Å²) in [7, 11) is 0. The van der Waals surface area contributed by atoms with Crippen LogP contribution in [0, 0.1) is 0 Å². The minimum Gasteiger partial charge on any atom is -0.477 e. The van der Waals surface area contributed by atoms with Crippen molar-refractivity contribution in [1.82, 2.24) is 15.6 Å². The number of morpholine rings is 1. The molecule has 2 atom stereocenters. The van der Waals surface area contributed by atoms with Crippen LogP contribution in [0.1, 0.15) is 42.3 Å². The topological polar surface area (TPSA) is 96.0 Å². The predicted octanol–water partition coefficient (Wildman–Crippen LogP) is 2.15. The number of nitrogens with zero attached hydrogens (tertiary/aromatic N) is 2. The Morgan fingerprint density at radius 3 is 2.70 bits per heavy atom. The van der Waals surface area contributed by atoms with Gasteiger partial charge >= 0.3 is 0 Å². The van der Waals surface area contributed by atoms with Gasteiger partial charge in [0.25, 0.3) is 5.91 Å². The first-order chi connectivity index (χ1) is 16.2. The lowest BCUT2D eigenvalue weighted by Crippen LogP contribution is -2.49. The molecule has 2 aromatic rings. The van der Waals surface area contributed by atoms with Gasteiger partial charge in [-0.15, -0.1) is 0 Å². The van der Waals surface area contributed by atoms with E-state index in [0.29, 0.717) is 37.8 Å². The maximum atomic E-state index is 12.8. The van der Waals surface area contributed by atoms with Gasteiger partial charge in [-0.1, -0.05) is 38.1 Å². The van der Waals surface area contributed by atoms with Gasteiger partial charge in [-0.25, -0.2) is 0 Å². The molecule has 1 fully saturated rings. The van der Waals surface area contributed by atoms with Gasteiger partial charge in [0.05, 0.1) is 25.9 Å². The smallest absolute Gasteiger partial charge is 0.256 e. The highest BCUT2D eigenvalue weighted by Crippen LogP contribution is 2.23. The Morgan fingerprint density at radius 2 is 1.97 bits per heavy atom. The first kappa shape index (κ1) is 25.0.